The van der Waals surface area contributed by atoms with Crippen LogP contribution in [0.2, 0.25) is 0 Å². The SMILES string of the molecule is CN=C(NCCCNS(C)(=O)=O)NCc1ccccc1OCC1CC1. The highest BCUT2D eigenvalue weighted by molar-refractivity contribution is 7.88. The Morgan fingerprint density at radius 1 is 1.24 bits per heavy atom. The van der Waals surface area contributed by atoms with Gasteiger partial charge in [0.05, 0.1) is 12.9 Å². The third kappa shape index (κ3) is 8.22. The van der Waals surface area contributed by atoms with Crippen molar-refractivity contribution < 1.29 is 13.2 Å². The monoisotopic (exact) mass is 368 g/mol. The molecular formula is C17H28N4O3S. The molecule has 8 heteroatoms. The van der Waals surface area contributed by atoms with Crippen LogP contribution >= 0.6 is 0 Å². The van der Waals surface area contributed by atoms with Crippen molar-refractivity contribution in [3.05, 3.63) is 29.8 Å². The van der Waals surface area contributed by atoms with Gasteiger partial charge in [0.2, 0.25) is 10.0 Å². The second-order valence-corrected chi connectivity index (χ2v) is 8.07. The Morgan fingerprint density at radius 3 is 2.68 bits per heavy atom. The fourth-order valence-corrected chi connectivity index (χ4v) is 2.75. The molecule has 1 aliphatic carbocycles. The average molecular weight is 369 g/mol. The van der Waals surface area contributed by atoms with Crippen LogP contribution in [0.15, 0.2) is 29.3 Å². The van der Waals surface area contributed by atoms with E-state index < -0.39 is 10.0 Å². The number of rotatable bonds is 10. The Hall–Kier alpha value is -1.80. The van der Waals surface area contributed by atoms with Gasteiger partial charge in [-0.05, 0) is 31.2 Å². The van der Waals surface area contributed by atoms with Crippen LogP contribution in [0.25, 0.3) is 0 Å². The number of sulfonamides is 1. The second-order valence-electron chi connectivity index (χ2n) is 6.23. The van der Waals surface area contributed by atoms with Crippen LogP contribution in [0.4, 0.5) is 0 Å². The molecule has 2 rings (SSSR count). The maximum atomic E-state index is 11.0. The van der Waals surface area contributed by atoms with Gasteiger partial charge in [0, 0.05) is 32.2 Å². The Labute approximate surface area is 150 Å². The van der Waals surface area contributed by atoms with Crippen molar-refractivity contribution in [2.45, 2.75) is 25.8 Å². The molecular weight excluding hydrogens is 340 g/mol. The number of aliphatic imine (C=N–C) groups is 1. The number of ether oxygens (including phenoxy) is 1. The van der Waals surface area contributed by atoms with E-state index in [1.54, 1.807) is 7.05 Å². The van der Waals surface area contributed by atoms with Crippen LogP contribution in [0.1, 0.15) is 24.8 Å². The first-order valence-corrected chi connectivity index (χ1v) is 10.5. The van der Waals surface area contributed by atoms with E-state index in [1.165, 1.54) is 12.8 Å². The predicted octanol–water partition coefficient (Wildman–Crippen LogP) is 1.08. The van der Waals surface area contributed by atoms with Gasteiger partial charge >= 0.3 is 0 Å². The lowest BCUT2D eigenvalue weighted by Crippen LogP contribution is -2.38. The fraction of sp³-hybridized carbons (Fsp3) is 0.588. The fourth-order valence-electron chi connectivity index (χ4n) is 2.24. The molecule has 0 radical (unpaired) electrons. The van der Waals surface area contributed by atoms with Gasteiger partial charge in [0.1, 0.15) is 5.75 Å². The molecule has 0 heterocycles. The summed E-state index contributed by atoms with van der Waals surface area (Å²) >= 11 is 0. The van der Waals surface area contributed by atoms with Gasteiger partial charge in [-0.15, -0.1) is 0 Å². The average Bonchev–Trinajstić information content (AvgIpc) is 3.39. The van der Waals surface area contributed by atoms with E-state index in [0.29, 0.717) is 32.0 Å². The second kappa shape index (κ2) is 9.62. The Balaban J connectivity index is 1.72. The quantitative estimate of drug-likeness (QED) is 0.327. The minimum Gasteiger partial charge on any atom is -0.493 e. The zero-order valence-corrected chi connectivity index (χ0v) is 15.7. The lowest BCUT2D eigenvalue weighted by Gasteiger charge is -2.15. The summed E-state index contributed by atoms with van der Waals surface area (Å²) in [5.41, 5.74) is 1.09. The standard InChI is InChI=1S/C17H28N4O3S/c1-18-17(19-10-5-11-21-25(2,22)23)20-12-15-6-3-4-7-16(15)24-13-14-8-9-14/h3-4,6-7,14,21H,5,8-13H2,1-2H3,(H2,18,19,20). The number of nitrogens with zero attached hydrogens (tertiary/aromatic N) is 1. The molecule has 0 bridgehead atoms. The molecule has 1 aromatic carbocycles. The number of para-hydroxylation sites is 1. The molecule has 0 unspecified atom stereocenters. The maximum Gasteiger partial charge on any atom is 0.208 e. The number of hydrogen-bond donors (Lipinski definition) is 3. The van der Waals surface area contributed by atoms with Crippen molar-refractivity contribution in [3.8, 4) is 5.75 Å². The molecule has 0 atom stereocenters. The molecule has 0 spiro atoms. The van der Waals surface area contributed by atoms with E-state index in [2.05, 4.69) is 20.3 Å². The molecule has 1 aliphatic rings. The first-order chi connectivity index (χ1) is 12.0. The highest BCUT2D eigenvalue weighted by atomic mass is 32.2. The van der Waals surface area contributed by atoms with Crippen molar-refractivity contribution in [1.29, 1.82) is 0 Å². The van der Waals surface area contributed by atoms with Gasteiger partial charge in [-0.3, -0.25) is 4.99 Å². The smallest absolute Gasteiger partial charge is 0.208 e. The van der Waals surface area contributed by atoms with Crippen molar-refractivity contribution in [3.63, 3.8) is 0 Å². The molecule has 140 valence electrons. The summed E-state index contributed by atoms with van der Waals surface area (Å²) in [4.78, 5) is 4.18. The Bertz CT molecular complexity index is 672. The van der Waals surface area contributed by atoms with Gasteiger partial charge in [0.25, 0.3) is 0 Å². The number of benzene rings is 1. The molecule has 7 nitrogen and oxygen atoms in total. The summed E-state index contributed by atoms with van der Waals surface area (Å²) in [6, 6.07) is 8.01. The molecule has 1 saturated carbocycles. The topological polar surface area (TPSA) is 91.8 Å². The largest absolute Gasteiger partial charge is 0.493 e. The van der Waals surface area contributed by atoms with Crippen LogP contribution < -0.4 is 20.1 Å². The van der Waals surface area contributed by atoms with Crippen molar-refractivity contribution in [2.24, 2.45) is 10.9 Å². The zero-order chi connectivity index (χ0) is 18.1. The molecule has 0 aliphatic heterocycles. The summed E-state index contributed by atoms with van der Waals surface area (Å²) in [5, 5.41) is 6.43. The van der Waals surface area contributed by atoms with Crippen LogP contribution in [-0.2, 0) is 16.6 Å². The maximum absolute atomic E-state index is 11.0. The molecule has 25 heavy (non-hydrogen) atoms. The molecule has 0 saturated heterocycles. The number of hydrogen-bond acceptors (Lipinski definition) is 4. The summed E-state index contributed by atoms with van der Waals surface area (Å²) in [6.45, 7) is 2.43. The van der Waals surface area contributed by atoms with Gasteiger partial charge in [-0.25, -0.2) is 13.1 Å². The molecule has 1 aromatic rings. The normalized spacial score (nSPS) is 15.0. The summed E-state index contributed by atoms with van der Waals surface area (Å²) in [7, 11) is -1.42. The number of guanidine groups is 1. The molecule has 0 amide bonds. The number of nitrogens with one attached hydrogen (secondary N) is 3. The lowest BCUT2D eigenvalue weighted by molar-refractivity contribution is 0.296. The first kappa shape index (κ1) is 19.5. The summed E-state index contributed by atoms with van der Waals surface area (Å²) < 4.78 is 30.4. The minimum absolute atomic E-state index is 0.403. The van der Waals surface area contributed by atoms with Gasteiger partial charge in [-0.1, -0.05) is 18.2 Å². The third-order valence-electron chi connectivity index (χ3n) is 3.82. The van der Waals surface area contributed by atoms with Gasteiger partial charge < -0.3 is 15.4 Å². The third-order valence-corrected chi connectivity index (χ3v) is 4.55. The first-order valence-electron chi connectivity index (χ1n) is 8.58. The van der Waals surface area contributed by atoms with E-state index in [-0.39, 0.29) is 0 Å². The van der Waals surface area contributed by atoms with Gasteiger partial charge in [-0.2, -0.15) is 0 Å². The highest BCUT2D eigenvalue weighted by Gasteiger charge is 2.22. The summed E-state index contributed by atoms with van der Waals surface area (Å²) in [5.74, 6) is 2.31. The van der Waals surface area contributed by atoms with E-state index in [1.807, 2.05) is 24.3 Å². The zero-order valence-electron chi connectivity index (χ0n) is 14.9. The van der Waals surface area contributed by atoms with E-state index in [0.717, 1.165) is 30.1 Å². The van der Waals surface area contributed by atoms with E-state index >= 15 is 0 Å². The molecule has 3 N–H and O–H groups in total. The summed E-state index contributed by atoms with van der Waals surface area (Å²) in [6.07, 6.45) is 4.37. The van der Waals surface area contributed by atoms with Crippen molar-refractivity contribution in [1.82, 2.24) is 15.4 Å². The van der Waals surface area contributed by atoms with E-state index in [9.17, 15) is 8.42 Å². The van der Waals surface area contributed by atoms with Crippen LogP contribution in [0.3, 0.4) is 0 Å². The minimum atomic E-state index is -3.13. The lowest BCUT2D eigenvalue weighted by atomic mass is 10.2. The van der Waals surface area contributed by atoms with Crippen molar-refractivity contribution >= 4 is 16.0 Å². The predicted molar refractivity (Wildman–Crippen MR) is 100 cm³/mol. The van der Waals surface area contributed by atoms with Crippen LogP contribution in [0, 0.1) is 5.92 Å². The molecule has 0 aromatic heterocycles. The van der Waals surface area contributed by atoms with Crippen LogP contribution in [0.5, 0.6) is 5.75 Å². The van der Waals surface area contributed by atoms with Crippen molar-refractivity contribution in [2.75, 3.05) is 33.0 Å². The van der Waals surface area contributed by atoms with E-state index in [4.69, 9.17) is 4.74 Å². The van der Waals surface area contributed by atoms with Gasteiger partial charge in [0.15, 0.2) is 5.96 Å². The highest BCUT2D eigenvalue weighted by Crippen LogP contribution is 2.30. The van der Waals surface area contributed by atoms with Crippen LogP contribution in [-0.4, -0.2) is 47.4 Å². The Morgan fingerprint density at radius 2 is 2.00 bits per heavy atom. The molecule has 1 fully saturated rings. The Kier molecular flexibility index (Phi) is 7.52.